The molecule has 0 bridgehead atoms. The van der Waals surface area contributed by atoms with Crippen LogP contribution in [-0.2, 0) is 6.54 Å². The largest absolute Gasteiger partial charge is 0.328 e. The first-order valence-corrected chi connectivity index (χ1v) is 10.9. The van der Waals surface area contributed by atoms with Crippen molar-refractivity contribution in [1.82, 2.24) is 15.1 Å². The van der Waals surface area contributed by atoms with Gasteiger partial charge in [0, 0.05) is 43.6 Å². The van der Waals surface area contributed by atoms with Gasteiger partial charge in [0.05, 0.1) is 0 Å². The van der Waals surface area contributed by atoms with Crippen molar-refractivity contribution in [3.8, 4) is 0 Å². The molecule has 0 radical (unpaired) electrons. The molecule has 0 aliphatic carbocycles. The van der Waals surface area contributed by atoms with E-state index in [0.717, 1.165) is 57.5 Å². The minimum Gasteiger partial charge on any atom is -0.328 e. The van der Waals surface area contributed by atoms with E-state index in [1.165, 1.54) is 5.56 Å². The summed E-state index contributed by atoms with van der Waals surface area (Å²) in [6, 6.07) is 8.93. The number of piperidine rings is 2. The van der Waals surface area contributed by atoms with Crippen LogP contribution in [0.5, 0.6) is 0 Å². The molecule has 30 heavy (non-hydrogen) atoms. The Morgan fingerprint density at radius 3 is 2.50 bits per heavy atom. The van der Waals surface area contributed by atoms with Gasteiger partial charge in [-0.1, -0.05) is 12.1 Å². The average Bonchev–Trinajstić information content (AvgIpc) is 2.76. The highest BCUT2D eigenvalue weighted by molar-refractivity contribution is 6.04. The molecular weight excluding hydrogens is 378 g/mol. The molecule has 162 valence electrons. The summed E-state index contributed by atoms with van der Waals surface area (Å²) in [7, 11) is 0. The maximum absolute atomic E-state index is 12.4. The number of anilines is 1. The van der Waals surface area contributed by atoms with Gasteiger partial charge in [0.15, 0.2) is 0 Å². The van der Waals surface area contributed by atoms with Gasteiger partial charge >= 0.3 is 6.03 Å². The highest BCUT2D eigenvalue weighted by atomic mass is 16.2. The Morgan fingerprint density at radius 2 is 1.83 bits per heavy atom. The summed E-state index contributed by atoms with van der Waals surface area (Å²) >= 11 is 0. The number of aliphatic imine (C=N–C) groups is 1. The minimum absolute atomic E-state index is 0.0688. The first-order chi connectivity index (χ1) is 14.6. The number of carbonyl (C=O) groups is 1. The van der Waals surface area contributed by atoms with Crippen LogP contribution < -0.4 is 21.7 Å². The third-order valence-corrected chi connectivity index (χ3v) is 6.09. The van der Waals surface area contributed by atoms with Crippen molar-refractivity contribution in [2.24, 2.45) is 16.5 Å². The first-order valence-electron chi connectivity index (χ1n) is 10.9. The standard InChI is InChI=1S/C22H33N7O/c23-18-7-11-27(12-8-18)14-17-3-5-20(6-4-17)29-13-9-21(25-16-29)26-22(30)28-10-1-2-19(24)15-28/h3-6,9,13,18-19H,1-2,7-8,10-12,14-16,23-24H2,(H,25,26,30)/t19-/m0/s1. The lowest BCUT2D eigenvalue weighted by molar-refractivity contribution is 0.185. The molecule has 2 saturated heterocycles. The topological polar surface area (TPSA) is 103 Å². The van der Waals surface area contributed by atoms with E-state index in [1.54, 1.807) is 4.90 Å². The number of amides is 2. The molecule has 8 heteroatoms. The second-order valence-corrected chi connectivity index (χ2v) is 8.53. The van der Waals surface area contributed by atoms with Gasteiger partial charge in [-0.3, -0.25) is 10.2 Å². The summed E-state index contributed by atoms with van der Waals surface area (Å²) in [6.07, 6.45) is 7.90. The number of nitrogens with two attached hydrogens (primary N) is 2. The molecule has 5 N–H and O–H groups in total. The summed E-state index contributed by atoms with van der Waals surface area (Å²) in [5.74, 6) is 0.593. The van der Waals surface area contributed by atoms with Crippen molar-refractivity contribution < 1.29 is 4.79 Å². The normalized spacial score (nSPS) is 23.4. The zero-order valence-corrected chi connectivity index (χ0v) is 17.5. The van der Waals surface area contributed by atoms with E-state index in [4.69, 9.17) is 11.5 Å². The van der Waals surface area contributed by atoms with Gasteiger partial charge < -0.3 is 21.3 Å². The molecule has 2 fully saturated rings. The fourth-order valence-corrected chi connectivity index (χ4v) is 4.21. The van der Waals surface area contributed by atoms with Crippen LogP contribution in [0.4, 0.5) is 10.5 Å². The van der Waals surface area contributed by atoms with E-state index in [1.807, 2.05) is 12.3 Å². The van der Waals surface area contributed by atoms with Crippen molar-refractivity contribution in [2.75, 3.05) is 37.7 Å². The van der Waals surface area contributed by atoms with Crippen LogP contribution in [0.1, 0.15) is 31.2 Å². The zero-order chi connectivity index (χ0) is 20.9. The zero-order valence-electron chi connectivity index (χ0n) is 17.5. The maximum Gasteiger partial charge on any atom is 0.323 e. The Bertz CT molecular complexity index is 783. The van der Waals surface area contributed by atoms with Gasteiger partial charge in [0.1, 0.15) is 12.5 Å². The molecule has 3 heterocycles. The van der Waals surface area contributed by atoms with Crippen LogP contribution in [-0.4, -0.2) is 66.6 Å². The quantitative estimate of drug-likeness (QED) is 0.698. The number of amidine groups is 1. The molecule has 8 nitrogen and oxygen atoms in total. The first kappa shape index (κ1) is 20.8. The van der Waals surface area contributed by atoms with Crippen molar-refractivity contribution >= 4 is 17.6 Å². The third kappa shape index (κ3) is 5.38. The van der Waals surface area contributed by atoms with E-state index >= 15 is 0 Å². The lowest BCUT2D eigenvalue weighted by atomic mass is 10.1. The summed E-state index contributed by atoms with van der Waals surface area (Å²) in [6.45, 7) is 4.95. The number of likely N-dealkylation sites (tertiary alicyclic amines) is 2. The molecular formula is C22H33N7O. The van der Waals surface area contributed by atoms with Crippen molar-refractivity contribution in [3.63, 3.8) is 0 Å². The number of hydrogen-bond donors (Lipinski definition) is 3. The van der Waals surface area contributed by atoms with Gasteiger partial charge in [-0.25, -0.2) is 9.79 Å². The van der Waals surface area contributed by atoms with Gasteiger partial charge in [0.25, 0.3) is 0 Å². The summed E-state index contributed by atoms with van der Waals surface area (Å²) in [4.78, 5) is 23.2. The van der Waals surface area contributed by atoms with Crippen molar-refractivity contribution in [2.45, 2.75) is 44.3 Å². The van der Waals surface area contributed by atoms with Gasteiger partial charge in [-0.05, 0) is 62.5 Å². The molecule has 3 aliphatic rings. The molecule has 0 unspecified atom stereocenters. The average molecular weight is 412 g/mol. The predicted octanol–water partition coefficient (Wildman–Crippen LogP) is 1.43. The Kier molecular flexibility index (Phi) is 6.66. The van der Waals surface area contributed by atoms with E-state index in [-0.39, 0.29) is 12.1 Å². The molecule has 0 saturated carbocycles. The molecule has 2 amide bonds. The Labute approximate surface area is 178 Å². The second kappa shape index (κ2) is 9.59. The Hall–Kier alpha value is -2.42. The number of carbonyl (C=O) groups excluding carboxylic acids is 1. The number of nitrogens with one attached hydrogen (secondary N) is 1. The van der Waals surface area contributed by atoms with Crippen LogP contribution >= 0.6 is 0 Å². The summed E-state index contributed by atoms with van der Waals surface area (Å²) < 4.78 is 0. The van der Waals surface area contributed by atoms with Crippen molar-refractivity contribution in [1.29, 1.82) is 0 Å². The number of nitrogens with zero attached hydrogens (tertiary/aromatic N) is 4. The smallest absolute Gasteiger partial charge is 0.323 e. The maximum atomic E-state index is 12.4. The van der Waals surface area contributed by atoms with Crippen LogP contribution in [0.25, 0.3) is 0 Å². The number of benzene rings is 1. The monoisotopic (exact) mass is 411 g/mol. The number of urea groups is 1. The second-order valence-electron chi connectivity index (χ2n) is 8.53. The molecule has 3 aliphatic heterocycles. The van der Waals surface area contributed by atoms with Gasteiger partial charge in [-0.2, -0.15) is 0 Å². The summed E-state index contributed by atoms with van der Waals surface area (Å²) in [5, 5.41) is 2.89. The van der Waals surface area contributed by atoms with Crippen molar-refractivity contribution in [3.05, 3.63) is 42.1 Å². The van der Waals surface area contributed by atoms with Crippen LogP contribution in [0.2, 0.25) is 0 Å². The fourth-order valence-electron chi connectivity index (χ4n) is 4.21. The SMILES string of the molecule is NC1CCN(Cc2ccc(N3C=CC(NC(=O)N4CCC[C@H](N)C4)=NC3)cc2)CC1. The predicted molar refractivity (Wildman–Crippen MR) is 120 cm³/mol. The highest BCUT2D eigenvalue weighted by Crippen LogP contribution is 2.19. The van der Waals surface area contributed by atoms with E-state index in [0.29, 0.717) is 25.1 Å². The van der Waals surface area contributed by atoms with Gasteiger partial charge in [-0.15, -0.1) is 0 Å². The van der Waals surface area contributed by atoms with Crippen LogP contribution in [0, 0.1) is 0 Å². The van der Waals surface area contributed by atoms with Crippen LogP contribution in [0.3, 0.4) is 0 Å². The molecule has 4 rings (SSSR count). The molecule has 0 aromatic heterocycles. The minimum atomic E-state index is -0.120. The number of rotatable bonds is 3. The Morgan fingerprint density at radius 1 is 1.07 bits per heavy atom. The lowest BCUT2D eigenvalue weighted by Gasteiger charge is -2.31. The van der Waals surface area contributed by atoms with Gasteiger partial charge in [0.2, 0.25) is 0 Å². The molecule has 0 spiro atoms. The van der Waals surface area contributed by atoms with E-state index < -0.39 is 0 Å². The molecule has 1 atom stereocenters. The molecule has 1 aromatic rings. The molecule has 1 aromatic carbocycles. The van der Waals surface area contributed by atoms with E-state index in [2.05, 4.69) is 44.4 Å². The highest BCUT2D eigenvalue weighted by Gasteiger charge is 2.22. The Balaban J connectivity index is 1.26. The summed E-state index contributed by atoms with van der Waals surface area (Å²) in [5.41, 5.74) is 14.4. The number of hydrogen-bond acceptors (Lipinski definition) is 6. The van der Waals surface area contributed by atoms with Crippen LogP contribution in [0.15, 0.2) is 41.5 Å². The third-order valence-electron chi connectivity index (χ3n) is 6.09. The fraction of sp³-hybridized carbons (Fsp3) is 0.545. The lowest BCUT2D eigenvalue weighted by Crippen LogP contribution is -2.50. The van der Waals surface area contributed by atoms with E-state index in [9.17, 15) is 4.79 Å².